The van der Waals surface area contributed by atoms with E-state index in [2.05, 4.69) is 10.0 Å². The zero-order valence-corrected chi connectivity index (χ0v) is 17.1. The molecule has 1 unspecified atom stereocenters. The van der Waals surface area contributed by atoms with Crippen LogP contribution in [0.15, 0.2) is 59.5 Å². The van der Waals surface area contributed by atoms with Gasteiger partial charge in [0.25, 0.3) is 0 Å². The molecule has 2 N–H and O–H groups in total. The second-order valence-corrected chi connectivity index (χ2v) is 7.99. The second-order valence-electron chi connectivity index (χ2n) is 6.28. The van der Waals surface area contributed by atoms with Crippen molar-refractivity contribution in [1.82, 2.24) is 4.72 Å². The third kappa shape index (κ3) is 6.51. The largest absolute Gasteiger partial charge is 0.494 e. The number of hydrogen-bond donors (Lipinski definition) is 2. The first-order valence-corrected chi connectivity index (χ1v) is 10.7. The van der Waals surface area contributed by atoms with Crippen LogP contribution in [0.2, 0.25) is 0 Å². The first kappa shape index (κ1) is 21.7. The summed E-state index contributed by atoms with van der Waals surface area (Å²) < 4.78 is 32.5. The lowest BCUT2D eigenvalue weighted by molar-refractivity contribution is -0.111. The Morgan fingerprint density at radius 3 is 2.29 bits per heavy atom. The van der Waals surface area contributed by atoms with Gasteiger partial charge in [-0.25, -0.2) is 13.1 Å². The number of ether oxygens (including phenoxy) is 1. The predicted molar refractivity (Wildman–Crippen MR) is 112 cm³/mol. The van der Waals surface area contributed by atoms with Gasteiger partial charge >= 0.3 is 0 Å². The summed E-state index contributed by atoms with van der Waals surface area (Å²) >= 11 is 0. The molecule has 0 heterocycles. The minimum absolute atomic E-state index is 0.142. The summed E-state index contributed by atoms with van der Waals surface area (Å²) in [6.07, 6.45) is 3.82. The minimum atomic E-state index is -3.56. The molecule has 2 aromatic carbocycles. The maximum Gasteiger partial charge on any atom is 0.248 e. The first-order valence-electron chi connectivity index (χ1n) is 9.18. The average molecular weight is 403 g/mol. The van der Waals surface area contributed by atoms with E-state index in [-0.39, 0.29) is 16.8 Å². The van der Waals surface area contributed by atoms with Gasteiger partial charge in [0, 0.05) is 17.8 Å². The van der Waals surface area contributed by atoms with E-state index in [1.807, 2.05) is 45.0 Å². The Labute approximate surface area is 166 Å². The van der Waals surface area contributed by atoms with Crippen LogP contribution < -0.4 is 14.8 Å². The molecule has 0 aliphatic heterocycles. The number of rotatable bonds is 9. The van der Waals surface area contributed by atoms with Crippen molar-refractivity contribution in [2.24, 2.45) is 0 Å². The highest BCUT2D eigenvalue weighted by atomic mass is 32.2. The number of carbonyl (C=O) groups is 1. The molecule has 0 aromatic heterocycles. The van der Waals surface area contributed by atoms with Gasteiger partial charge in [0.1, 0.15) is 5.75 Å². The molecule has 0 spiro atoms. The van der Waals surface area contributed by atoms with E-state index in [0.29, 0.717) is 18.7 Å². The molecule has 0 bridgehead atoms. The fraction of sp³-hybridized carbons (Fsp3) is 0.286. The van der Waals surface area contributed by atoms with Gasteiger partial charge in [0.15, 0.2) is 0 Å². The number of amides is 1. The van der Waals surface area contributed by atoms with Crippen LogP contribution in [0.4, 0.5) is 5.69 Å². The van der Waals surface area contributed by atoms with Crippen molar-refractivity contribution >= 4 is 27.7 Å². The molecule has 0 saturated carbocycles. The zero-order chi connectivity index (χ0) is 20.6. The number of benzene rings is 2. The second kappa shape index (κ2) is 10.1. The Morgan fingerprint density at radius 2 is 1.71 bits per heavy atom. The van der Waals surface area contributed by atoms with Crippen molar-refractivity contribution in [2.75, 3.05) is 11.9 Å². The molecule has 7 heteroatoms. The van der Waals surface area contributed by atoms with Crippen LogP contribution in [0, 0.1) is 0 Å². The van der Waals surface area contributed by atoms with Crippen LogP contribution in [0.3, 0.4) is 0 Å². The summed E-state index contributed by atoms with van der Waals surface area (Å²) in [4.78, 5) is 12.2. The maximum atomic E-state index is 12.2. The van der Waals surface area contributed by atoms with Crippen molar-refractivity contribution < 1.29 is 17.9 Å². The fourth-order valence-electron chi connectivity index (χ4n) is 2.33. The lowest BCUT2D eigenvalue weighted by Crippen LogP contribution is -2.31. The van der Waals surface area contributed by atoms with Crippen LogP contribution in [-0.4, -0.2) is 27.0 Å². The normalized spacial score (nSPS) is 12.7. The summed E-state index contributed by atoms with van der Waals surface area (Å²) in [5.41, 5.74) is 1.39. The van der Waals surface area contributed by atoms with Crippen LogP contribution >= 0.6 is 0 Å². The summed E-state index contributed by atoms with van der Waals surface area (Å²) in [5.74, 6) is 0.476. The molecule has 0 fully saturated rings. The van der Waals surface area contributed by atoms with Crippen molar-refractivity contribution in [1.29, 1.82) is 0 Å². The number of hydrogen-bond acceptors (Lipinski definition) is 4. The maximum absolute atomic E-state index is 12.2. The highest BCUT2D eigenvalue weighted by Gasteiger charge is 2.16. The average Bonchev–Trinajstić information content (AvgIpc) is 2.67. The molecule has 0 aliphatic rings. The summed E-state index contributed by atoms with van der Waals surface area (Å²) in [5, 5.41) is 2.71. The van der Waals surface area contributed by atoms with Gasteiger partial charge in [-0.1, -0.05) is 19.1 Å². The van der Waals surface area contributed by atoms with E-state index in [1.54, 1.807) is 18.2 Å². The highest BCUT2D eigenvalue weighted by molar-refractivity contribution is 7.89. The molecule has 28 heavy (non-hydrogen) atoms. The van der Waals surface area contributed by atoms with E-state index < -0.39 is 10.0 Å². The highest BCUT2D eigenvalue weighted by Crippen LogP contribution is 2.16. The molecule has 6 nitrogen and oxygen atoms in total. The van der Waals surface area contributed by atoms with Crippen molar-refractivity contribution in [3.05, 3.63) is 60.2 Å². The summed E-state index contributed by atoms with van der Waals surface area (Å²) in [6.45, 7) is 6.24. The van der Waals surface area contributed by atoms with E-state index in [1.165, 1.54) is 18.2 Å². The molecule has 0 aliphatic carbocycles. The van der Waals surface area contributed by atoms with Crippen molar-refractivity contribution in [2.45, 2.75) is 38.1 Å². The summed E-state index contributed by atoms with van der Waals surface area (Å²) in [7, 11) is -3.56. The Balaban J connectivity index is 1.97. The van der Waals surface area contributed by atoms with Crippen LogP contribution in [0.25, 0.3) is 6.08 Å². The minimum Gasteiger partial charge on any atom is -0.494 e. The molecule has 2 aromatic rings. The SMILES string of the molecule is CCOc1ccc(/C=C/C(=O)Nc2ccc(S(=O)(=O)NC(C)CC)cc2)cc1. The van der Waals surface area contributed by atoms with Crippen LogP contribution in [0.5, 0.6) is 5.75 Å². The third-order valence-corrected chi connectivity index (χ3v) is 5.62. The molecule has 1 amide bonds. The van der Waals surface area contributed by atoms with Gasteiger partial charge in [0.05, 0.1) is 11.5 Å². The van der Waals surface area contributed by atoms with E-state index >= 15 is 0 Å². The Bertz CT molecular complexity index is 904. The molecule has 150 valence electrons. The topological polar surface area (TPSA) is 84.5 Å². The molecule has 1 atom stereocenters. The fourth-order valence-corrected chi connectivity index (χ4v) is 3.66. The van der Waals surface area contributed by atoms with E-state index in [4.69, 9.17) is 4.74 Å². The number of nitrogens with one attached hydrogen (secondary N) is 2. The lowest BCUT2D eigenvalue weighted by atomic mass is 10.2. The quantitative estimate of drug-likeness (QED) is 0.625. The molecule has 0 radical (unpaired) electrons. The number of sulfonamides is 1. The van der Waals surface area contributed by atoms with Gasteiger partial charge in [-0.2, -0.15) is 0 Å². The predicted octanol–water partition coefficient (Wildman–Crippen LogP) is 3.81. The lowest BCUT2D eigenvalue weighted by Gasteiger charge is -2.12. The van der Waals surface area contributed by atoms with Crippen molar-refractivity contribution in [3.63, 3.8) is 0 Å². The zero-order valence-electron chi connectivity index (χ0n) is 16.3. The van der Waals surface area contributed by atoms with Gasteiger partial charge in [0.2, 0.25) is 15.9 Å². The van der Waals surface area contributed by atoms with Gasteiger partial charge in [-0.15, -0.1) is 0 Å². The smallest absolute Gasteiger partial charge is 0.248 e. The molecule has 0 saturated heterocycles. The Hall–Kier alpha value is -2.64. The van der Waals surface area contributed by atoms with Gasteiger partial charge in [-0.05, 0) is 68.3 Å². The standard InChI is InChI=1S/C21H26N2O4S/c1-4-16(3)23-28(25,26)20-13-9-18(10-14-20)22-21(24)15-8-17-6-11-19(12-7-17)27-5-2/h6-16,23H,4-5H2,1-3H3,(H,22,24)/b15-8+. The Kier molecular flexibility index (Phi) is 7.78. The van der Waals surface area contributed by atoms with Gasteiger partial charge in [-0.3, -0.25) is 4.79 Å². The number of carbonyl (C=O) groups excluding carboxylic acids is 1. The van der Waals surface area contributed by atoms with E-state index in [0.717, 1.165) is 11.3 Å². The van der Waals surface area contributed by atoms with Gasteiger partial charge < -0.3 is 10.1 Å². The number of anilines is 1. The van der Waals surface area contributed by atoms with Crippen molar-refractivity contribution in [3.8, 4) is 5.75 Å². The van der Waals surface area contributed by atoms with E-state index in [9.17, 15) is 13.2 Å². The molecular weight excluding hydrogens is 376 g/mol. The first-order chi connectivity index (χ1) is 13.3. The summed E-state index contributed by atoms with van der Waals surface area (Å²) in [6, 6.07) is 13.3. The molecular formula is C21H26N2O4S. The van der Waals surface area contributed by atoms with Crippen LogP contribution in [0.1, 0.15) is 32.8 Å². The Morgan fingerprint density at radius 1 is 1.07 bits per heavy atom. The monoisotopic (exact) mass is 402 g/mol. The van der Waals surface area contributed by atoms with Crippen LogP contribution in [-0.2, 0) is 14.8 Å². The molecule has 2 rings (SSSR count). The third-order valence-electron chi connectivity index (χ3n) is 4.02.